The van der Waals surface area contributed by atoms with Crippen LogP contribution in [-0.4, -0.2) is 43.9 Å². The number of carbonyl (C=O) groups is 1. The van der Waals surface area contributed by atoms with E-state index in [2.05, 4.69) is 11.0 Å². The van der Waals surface area contributed by atoms with Gasteiger partial charge < -0.3 is 9.64 Å². The number of halogens is 1. The number of rotatable bonds is 3. The Morgan fingerprint density at radius 2 is 2.00 bits per heavy atom. The van der Waals surface area contributed by atoms with Gasteiger partial charge in [-0.2, -0.15) is 0 Å². The lowest BCUT2D eigenvalue weighted by molar-refractivity contribution is -0.146. The van der Waals surface area contributed by atoms with Crippen molar-refractivity contribution in [2.45, 2.75) is 6.04 Å². The summed E-state index contributed by atoms with van der Waals surface area (Å²) in [5.74, 6) is 0.447. The quantitative estimate of drug-likeness (QED) is 0.802. The van der Waals surface area contributed by atoms with Crippen LogP contribution in [0.1, 0.15) is 5.56 Å². The molecule has 0 aliphatic carbocycles. The fraction of sp³-hybridized carbons (Fsp3) is 0.400. The Hall–Kier alpha value is -0.970. The SMILES string of the molecule is COC(=O)[C@H]1CSC(c2ccc(Cl)cc2)=C[C@@H]1N(C)C. The molecule has 1 aliphatic heterocycles. The van der Waals surface area contributed by atoms with E-state index in [1.807, 2.05) is 38.4 Å². The fourth-order valence-corrected chi connectivity index (χ4v) is 3.62. The third-order valence-electron chi connectivity index (χ3n) is 3.38. The summed E-state index contributed by atoms with van der Waals surface area (Å²) in [6.07, 6.45) is 2.14. The van der Waals surface area contributed by atoms with Crippen molar-refractivity contribution in [3.63, 3.8) is 0 Å². The Morgan fingerprint density at radius 3 is 2.55 bits per heavy atom. The molecule has 108 valence electrons. The first-order valence-electron chi connectivity index (χ1n) is 6.37. The molecule has 0 saturated carbocycles. The highest BCUT2D eigenvalue weighted by molar-refractivity contribution is 8.08. The molecule has 5 heteroatoms. The molecule has 0 N–H and O–H groups in total. The summed E-state index contributed by atoms with van der Waals surface area (Å²) in [6.45, 7) is 0. The van der Waals surface area contributed by atoms with E-state index in [1.165, 1.54) is 12.0 Å². The minimum atomic E-state index is -0.150. The fourth-order valence-electron chi connectivity index (χ4n) is 2.26. The monoisotopic (exact) mass is 311 g/mol. The first-order chi connectivity index (χ1) is 9.52. The van der Waals surface area contributed by atoms with Crippen molar-refractivity contribution in [3.05, 3.63) is 40.9 Å². The highest BCUT2D eigenvalue weighted by atomic mass is 35.5. The van der Waals surface area contributed by atoms with E-state index in [9.17, 15) is 4.79 Å². The maximum Gasteiger partial charge on any atom is 0.311 e. The maximum atomic E-state index is 11.9. The van der Waals surface area contributed by atoms with Gasteiger partial charge >= 0.3 is 5.97 Å². The van der Waals surface area contributed by atoms with E-state index in [1.54, 1.807) is 11.8 Å². The van der Waals surface area contributed by atoms with Crippen molar-refractivity contribution in [2.75, 3.05) is 27.0 Å². The smallest absolute Gasteiger partial charge is 0.311 e. The third-order valence-corrected chi connectivity index (χ3v) is 4.84. The average Bonchev–Trinajstić information content (AvgIpc) is 2.46. The molecule has 1 aliphatic rings. The van der Waals surface area contributed by atoms with Gasteiger partial charge in [0.2, 0.25) is 0 Å². The van der Waals surface area contributed by atoms with Crippen LogP contribution in [0.15, 0.2) is 30.3 Å². The molecule has 0 radical (unpaired) electrons. The average molecular weight is 312 g/mol. The van der Waals surface area contributed by atoms with Gasteiger partial charge in [-0.25, -0.2) is 0 Å². The van der Waals surface area contributed by atoms with Crippen LogP contribution in [0.5, 0.6) is 0 Å². The minimum Gasteiger partial charge on any atom is -0.469 e. The van der Waals surface area contributed by atoms with E-state index in [-0.39, 0.29) is 17.9 Å². The van der Waals surface area contributed by atoms with Crippen LogP contribution < -0.4 is 0 Å². The number of esters is 1. The summed E-state index contributed by atoms with van der Waals surface area (Å²) in [5, 5.41) is 0.728. The summed E-state index contributed by atoms with van der Waals surface area (Å²) in [5.41, 5.74) is 1.13. The summed E-state index contributed by atoms with van der Waals surface area (Å²) in [7, 11) is 5.40. The molecule has 0 unspecified atom stereocenters. The maximum absolute atomic E-state index is 11.9. The number of methoxy groups -OCH3 is 1. The summed E-state index contributed by atoms with van der Waals surface area (Å²) in [6, 6.07) is 7.83. The summed E-state index contributed by atoms with van der Waals surface area (Å²) < 4.78 is 4.90. The normalized spacial score (nSPS) is 22.6. The molecule has 1 aromatic carbocycles. The molecule has 0 spiro atoms. The Bertz CT molecular complexity index is 513. The van der Waals surface area contributed by atoms with Gasteiger partial charge in [0, 0.05) is 21.7 Å². The Balaban J connectivity index is 2.28. The summed E-state index contributed by atoms with van der Waals surface area (Å²) in [4.78, 5) is 15.1. The number of carbonyl (C=O) groups excluding carboxylic acids is 1. The molecule has 1 aromatic rings. The second-order valence-electron chi connectivity index (χ2n) is 4.93. The third kappa shape index (κ3) is 3.37. The van der Waals surface area contributed by atoms with Crippen molar-refractivity contribution < 1.29 is 9.53 Å². The zero-order valence-corrected chi connectivity index (χ0v) is 13.4. The van der Waals surface area contributed by atoms with Gasteiger partial charge in [-0.05, 0) is 31.8 Å². The number of hydrogen-bond acceptors (Lipinski definition) is 4. The lowest BCUT2D eigenvalue weighted by atomic mass is 9.98. The minimum absolute atomic E-state index is 0.0504. The molecule has 2 rings (SSSR count). The predicted octanol–water partition coefficient (Wildman–Crippen LogP) is 3.15. The highest BCUT2D eigenvalue weighted by Crippen LogP contribution is 2.37. The molecule has 0 bridgehead atoms. The number of likely N-dealkylation sites (N-methyl/N-ethyl adjacent to an activating group) is 1. The zero-order chi connectivity index (χ0) is 14.7. The Labute approximate surface area is 128 Å². The number of nitrogens with zero attached hydrogens (tertiary/aromatic N) is 1. The number of thioether (sulfide) groups is 1. The number of hydrogen-bond donors (Lipinski definition) is 0. The van der Waals surface area contributed by atoms with Gasteiger partial charge in [-0.1, -0.05) is 29.8 Å². The number of ether oxygens (including phenoxy) is 1. The van der Waals surface area contributed by atoms with E-state index in [0.717, 1.165) is 16.3 Å². The molecule has 20 heavy (non-hydrogen) atoms. The van der Waals surface area contributed by atoms with Gasteiger partial charge in [-0.15, -0.1) is 11.8 Å². The number of benzene rings is 1. The predicted molar refractivity (Wildman–Crippen MR) is 84.9 cm³/mol. The van der Waals surface area contributed by atoms with E-state index in [4.69, 9.17) is 16.3 Å². The van der Waals surface area contributed by atoms with Crippen LogP contribution in [0.25, 0.3) is 4.91 Å². The standard InChI is InChI=1S/C15H18ClNO2S/c1-17(2)13-8-14(10-4-6-11(16)7-5-10)20-9-12(13)15(18)19-3/h4-8,12-13H,9H2,1-3H3/t12-,13-/m0/s1. The van der Waals surface area contributed by atoms with Crippen molar-refractivity contribution in [1.82, 2.24) is 4.90 Å². The molecule has 0 fully saturated rings. The van der Waals surface area contributed by atoms with Crippen molar-refractivity contribution in [2.24, 2.45) is 5.92 Å². The largest absolute Gasteiger partial charge is 0.469 e. The first-order valence-corrected chi connectivity index (χ1v) is 7.74. The summed E-state index contributed by atoms with van der Waals surface area (Å²) >= 11 is 7.60. The van der Waals surface area contributed by atoms with Crippen LogP contribution in [0.2, 0.25) is 5.02 Å². The van der Waals surface area contributed by atoms with E-state index in [0.29, 0.717) is 0 Å². The zero-order valence-electron chi connectivity index (χ0n) is 11.8. The van der Waals surface area contributed by atoms with Gasteiger partial charge in [-0.3, -0.25) is 4.79 Å². The van der Waals surface area contributed by atoms with Crippen LogP contribution in [0, 0.1) is 5.92 Å². The van der Waals surface area contributed by atoms with Crippen LogP contribution in [0.3, 0.4) is 0 Å². The molecule has 0 saturated heterocycles. The molecule has 0 aromatic heterocycles. The molecule has 2 atom stereocenters. The van der Waals surface area contributed by atoms with E-state index >= 15 is 0 Å². The Kier molecular flexibility index (Phi) is 5.13. The first kappa shape index (κ1) is 15.4. The molecular formula is C15H18ClNO2S. The van der Waals surface area contributed by atoms with Gasteiger partial charge in [0.25, 0.3) is 0 Å². The molecule has 3 nitrogen and oxygen atoms in total. The van der Waals surface area contributed by atoms with Gasteiger partial charge in [0.15, 0.2) is 0 Å². The van der Waals surface area contributed by atoms with E-state index < -0.39 is 0 Å². The second kappa shape index (κ2) is 6.66. The van der Waals surface area contributed by atoms with Crippen LogP contribution in [0.4, 0.5) is 0 Å². The molecular weight excluding hydrogens is 294 g/mol. The van der Waals surface area contributed by atoms with Crippen molar-refractivity contribution in [1.29, 1.82) is 0 Å². The van der Waals surface area contributed by atoms with Crippen molar-refractivity contribution in [3.8, 4) is 0 Å². The lowest BCUT2D eigenvalue weighted by Crippen LogP contribution is -2.41. The highest BCUT2D eigenvalue weighted by Gasteiger charge is 2.33. The topological polar surface area (TPSA) is 29.5 Å². The Morgan fingerprint density at radius 1 is 1.35 bits per heavy atom. The second-order valence-corrected chi connectivity index (χ2v) is 6.43. The molecule has 1 heterocycles. The molecule has 0 amide bonds. The van der Waals surface area contributed by atoms with Gasteiger partial charge in [0.1, 0.15) is 0 Å². The van der Waals surface area contributed by atoms with Gasteiger partial charge in [0.05, 0.1) is 13.0 Å². The van der Waals surface area contributed by atoms with Crippen molar-refractivity contribution >= 4 is 34.2 Å². The van der Waals surface area contributed by atoms with Crippen LogP contribution in [-0.2, 0) is 9.53 Å². The van der Waals surface area contributed by atoms with Crippen LogP contribution >= 0.6 is 23.4 Å². The lowest BCUT2D eigenvalue weighted by Gasteiger charge is -2.32.